The maximum absolute atomic E-state index is 12.1. The molecule has 0 aromatic heterocycles. The number of nitrogens with two attached hydrogens (primary N) is 1. The van der Waals surface area contributed by atoms with Crippen molar-refractivity contribution >= 4 is 5.91 Å². The highest BCUT2D eigenvalue weighted by molar-refractivity contribution is 5.86. The topological polar surface area (TPSA) is 33.7 Å². The molecule has 14 heavy (non-hydrogen) atoms. The molecule has 0 unspecified atom stereocenters. The molecule has 0 radical (unpaired) electrons. The van der Waals surface area contributed by atoms with E-state index in [9.17, 15) is 18.0 Å². The van der Waals surface area contributed by atoms with E-state index in [1.807, 2.05) is 0 Å². The van der Waals surface area contributed by atoms with Crippen LogP contribution < -0.4 is 5.32 Å². The summed E-state index contributed by atoms with van der Waals surface area (Å²) in [7, 11) is 3.24. The van der Waals surface area contributed by atoms with Crippen molar-refractivity contribution in [2.75, 3.05) is 0 Å². The number of amides is 1. The maximum Gasteiger partial charge on any atom is 0.416 e. The highest BCUT2D eigenvalue weighted by Gasteiger charge is 2.30. The zero-order valence-corrected chi connectivity index (χ0v) is 7.14. The summed E-state index contributed by atoms with van der Waals surface area (Å²) in [6, 6.07) is 4.01. The molecule has 1 aromatic carbocycles. The van der Waals surface area contributed by atoms with Crippen molar-refractivity contribution in [1.29, 1.82) is 0 Å². The third-order valence-corrected chi connectivity index (χ3v) is 1.68. The fraction of sp³-hybridized carbons (Fsp3) is 0.111. The minimum atomic E-state index is -4.37. The lowest BCUT2D eigenvalue weighted by molar-refractivity contribution is -0.489. The van der Waals surface area contributed by atoms with Crippen LogP contribution in [0.4, 0.5) is 13.2 Å². The van der Waals surface area contributed by atoms with Gasteiger partial charge in [0.15, 0.2) is 0 Å². The smallest absolute Gasteiger partial charge is 0.411 e. The molecule has 1 amide bonds. The van der Waals surface area contributed by atoms with Gasteiger partial charge >= 0.3 is 12.1 Å². The van der Waals surface area contributed by atoms with Crippen LogP contribution in [0.3, 0.4) is 0 Å². The quantitative estimate of drug-likeness (QED) is 0.683. The lowest BCUT2D eigenvalue weighted by Gasteiger charge is -2.06. The molecule has 1 rings (SSSR count). The van der Waals surface area contributed by atoms with Crippen LogP contribution >= 0.6 is 0 Å². The maximum atomic E-state index is 12.1. The molecule has 2 nitrogen and oxygen atoms in total. The van der Waals surface area contributed by atoms with Gasteiger partial charge in [0.25, 0.3) is 0 Å². The Hall–Kier alpha value is -1.36. The van der Waals surface area contributed by atoms with Gasteiger partial charge in [0, 0.05) is 0 Å². The molecule has 0 fully saturated rings. The van der Waals surface area contributed by atoms with E-state index in [1.54, 1.807) is 0 Å². The molecule has 5 heteroatoms. The molecule has 0 aliphatic carbocycles. The van der Waals surface area contributed by atoms with Crippen molar-refractivity contribution in [3.05, 3.63) is 42.4 Å². The molecule has 2 N–H and O–H groups in total. The summed E-state index contributed by atoms with van der Waals surface area (Å²) >= 11 is 0. The number of carbonyl (C=O) groups excluding carboxylic acids is 1. The van der Waals surface area contributed by atoms with Gasteiger partial charge in [-0.3, -0.25) is 0 Å². The van der Waals surface area contributed by atoms with Crippen molar-refractivity contribution in [3.8, 4) is 0 Å². The third-order valence-electron chi connectivity index (χ3n) is 1.68. The van der Waals surface area contributed by atoms with Crippen LogP contribution in [0.25, 0.3) is 0 Å². The van der Waals surface area contributed by atoms with Crippen LogP contribution in [-0.2, 0) is 6.18 Å². The Balaban J connectivity index is 2.95. The highest BCUT2D eigenvalue weighted by Crippen LogP contribution is 2.28. The van der Waals surface area contributed by atoms with Crippen molar-refractivity contribution < 1.29 is 23.3 Å². The molecule has 1 aromatic rings. The van der Waals surface area contributed by atoms with Crippen molar-refractivity contribution in [3.63, 3.8) is 0 Å². The Kier molecular flexibility index (Phi) is 2.90. The summed E-state index contributed by atoms with van der Waals surface area (Å²) in [6.07, 6.45) is -4.37. The number of primary amides is 1. The molecular formula is C9H8F3NO. The van der Waals surface area contributed by atoms with Gasteiger partial charge in [-0.15, -0.1) is 7.05 Å². The summed E-state index contributed by atoms with van der Waals surface area (Å²) in [5, 5.41) is 1.06. The van der Waals surface area contributed by atoms with Crippen molar-refractivity contribution in [1.82, 2.24) is 0 Å². The summed E-state index contributed by atoms with van der Waals surface area (Å²) in [5.74, 6) is -0.390. The van der Waals surface area contributed by atoms with Gasteiger partial charge in [-0.1, -0.05) is 0 Å². The average molecular weight is 203 g/mol. The lowest BCUT2D eigenvalue weighted by Crippen LogP contribution is -2.81. The summed E-state index contributed by atoms with van der Waals surface area (Å²) in [5.41, 5.74) is -0.564. The van der Waals surface area contributed by atoms with E-state index in [2.05, 4.69) is 7.05 Å². The molecular weight excluding hydrogens is 195 g/mol. The SMILES string of the molecule is [CH2-][NH2+]C(=O)c1ccc(C(F)(F)F)cc1. The zero-order chi connectivity index (χ0) is 10.8. The molecule has 0 aliphatic rings. The van der Waals surface area contributed by atoms with E-state index >= 15 is 0 Å². The van der Waals surface area contributed by atoms with Gasteiger partial charge in [-0.2, -0.15) is 13.2 Å². The molecule has 0 aliphatic heterocycles. The van der Waals surface area contributed by atoms with Gasteiger partial charge in [0.2, 0.25) is 0 Å². The monoisotopic (exact) mass is 203 g/mol. The van der Waals surface area contributed by atoms with Gasteiger partial charge in [0.1, 0.15) is 0 Å². The lowest BCUT2D eigenvalue weighted by atomic mass is 10.1. The van der Waals surface area contributed by atoms with E-state index in [1.165, 1.54) is 0 Å². The predicted molar refractivity (Wildman–Crippen MR) is 43.1 cm³/mol. The predicted octanol–water partition coefficient (Wildman–Crippen LogP) is 1.20. The standard InChI is InChI=1S/C9H8F3NO/c1-13-8(14)6-2-4-7(5-3-6)9(10,11)12/h2-5H,1,13H2. The first kappa shape index (κ1) is 10.7. The number of halogens is 3. The van der Waals surface area contributed by atoms with E-state index in [4.69, 9.17) is 0 Å². The second-order valence-corrected chi connectivity index (χ2v) is 2.64. The molecule has 0 atom stereocenters. The van der Waals surface area contributed by atoms with E-state index in [0.717, 1.165) is 29.6 Å². The van der Waals surface area contributed by atoms with Crippen LogP contribution in [0, 0.1) is 7.05 Å². The summed E-state index contributed by atoms with van der Waals surface area (Å²) in [4.78, 5) is 11.0. The molecule has 0 saturated carbocycles. The first-order valence-corrected chi connectivity index (χ1v) is 3.79. The largest absolute Gasteiger partial charge is 0.416 e. The van der Waals surface area contributed by atoms with E-state index in [0.29, 0.717) is 0 Å². The van der Waals surface area contributed by atoms with E-state index in [-0.39, 0.29) is 5.56 Å². The average Bonchev–Trinajstić information content (AvgIpc) is 2.15. The van der Waals surface area contributed by atoms with Crippen molar-refractivity contribution in [2.24, 2.45) is 0 Å². The number of hydrogen-bond acceptors (Lipinski definition) is 1. The number of quaternary nitrogens is 1. The highest BCUT2D eigenvalue weighted by atomic mass is 19.4. The van der Waals surface area contributed by atoms with Gasteiger partial charge in [-0.05, 0) is 24.3 Å². The number of rotatable bonds is 1. The van der Waals surface area contributed by atoms with Gasteiger partial charge < -0.3 is 5.32 Å². The Labute approximate surface area is 78.7 Å². The Morgan fingerprint density at radius 2 is 1.71 bits per heavy atom. The van der Waals surface area contributed by atoms with Gasteiger partial charge in [0.05, 0.1) is 11.1 Å². The first-order valence-electron chi connectivity index (χ1n) is 3.79. The molecule has 0 saturated heterocycles. The number of carbonyl (C=O) groups is 1. The second-order valence-electron chi connectivity index (χ2n) is 2.64. The summed E-state index contributed by atoms with van der Waals surface area (Å²) < 4.78 is 36.3. The second kappa shape index (κ2) is 3.79. The Bertz CT molecular complexity index is 329. The van der Waals surface area contributed by atoms with Crippen LogP contribution in [0.5, 0.6) is 0 Å². The van der Waals surface area contributed by atoms with Crippen LogP contribution in [0.2, 0.25) is 0 Å². The molecule has 0 bridgehead atoms. The molecule has 0 spiro atoms. The zero-order valence-electron chi connectivity index (χ0n) is 7.14. The number of alkyl halides is 3. The fourth-order valence-electron chi connectivity index (χ4n) is 0.941. The third kappa shape index (κ3) is 2.32. The van der Waals surface area contributed by atoms with Crippen LogP contribution in [0.1, 0.15) is 15.9 Å². The van der Waals surface area contributed by atoms with Crippen LogP contribution in [-0.4, -0.2) is 5.91 Å². The Morgan fingerprint density at radius 1 is 1.21 bits per heavy atom. The normalized spacial score (nSPS) is 11.4. The van der Waals surface area contributed by atoms with Gasteiger partial charge in [-0.25, -0.2) is 4.79 Å². The minimum Gasteiger partial charge on any atom is -0.411 e. The minimum absolute atomic E-state index is 0.202. The number of hydrogen-bond donors (Lipinski definition) is 1. The molecule has 76 valence electrons. The Morgan fingerprint density at radius 3 is 2.07 bits per heavy atom. The molecule has 0 heterocycles. The van der Waals surface area contributed by atoms with Crippen LogP contribution in [0.15, 0.2) is 24.3 Å². The number of benzene rings is 1. The van der Waals surface area contributed by atoms with Crippen molar-refractivity contribution in [2.45, 2.75) is 6.18 Å². The van der Waals surface area contributed by atoms with E-state index < -0.39 is 17.6 Å². The first-order chi connectivity index (χ1) is 6.45. The summed E-state index contributed by atoms with van der Waals surface area (Å²) in [6.45, 7) is 0. The fourth-order valence-corrected chi connectivity index (χ4v) is 0.941.